The van der Waals surface area contributed by atoms with Crippen molar-refractivity contribution < 1.29 is 27.9 Å². The van der Waals surface area contributed by atoms with Gasteiger partial charge >= 0.3 is 12.1 Å². The third-order valence-corrected chi connectivity index (χ3v) is 4.60. The molecule has 11 heteroatoms. The van der Waals surface area contributed by atoms with Crippen molar-refractivity contribution in [2.75, 3.05) is 23.8 Å². The Hall–Kier alpha value is -3.31. The number of rotatable bonds is 9. The Morgan fingerprint density at radius 3 is 2.00 bits per heavy atom. The van der Waals surface area contributed by atoms with Crippen molar-refractivity contribution >= 4 is 33.5 Å². The largest absolute Gasteiger partial charge is 0.494 e. The number of hydrogen-bond donors (Lipinski definition) is 5. The highest BCUT2D eigenvalue weighted by Crippen LogP contribution is 2.17. The van der Waals surface area contributed by atoms with Gasteiger partial charge in [-0.05, 0) is 61.4 Å². The average molecular weight is 422 g/mol. The van der Waals surface area contributed by atoms with Gasteiger partial charge in [0.2, 0.25) is 10.0 Å². The predicted octanol–water partition coefficient (Wildman–Crippen LogP) is 2.40. The van der Waals surface area contributed by atoms with Crippen LogP contribution in [0.15, 0.2) is 53.4 Å². The number of carbonyl (C=O) groups excluding carboxylic acids is 1. The predicted molar refractivity (Wildman–Crippen MR) is 108 cm³/mol. The van der Waals surface area contributed by atoms with Crippen LogP contribution in [0.3, 0.4) is 0 Å². The maximum absolute atomic E-state index is 12.0. The fourth-order valence-corrected chi connectivity index (χ4v) is 2.78. The minimum Gasteiger partial charge on any atom is -0.494 e. The molecule has 0 aliphatic heterocycles. The van der Waals surface area contributed by atoms with Crippen molar-refractivity contribution in [3.63, 3.8) is 0 Å². The fraction of sp³-hybridized carbons (Fsp3) is 0.222. The number of carboxylic acid groups (broad SMARTS) is 1. The van der Waals surface area contributed by atoms with Gasteiger partial charge in [-0.25, -0.2) is 23.1 Å². The molecule has 3 amide bonds. The number of nitrogens with two attached hydrogens (primary N) is 1. The number of anilines is 2. The van der Waals surface area contributed by atoms with Gasteiger partial charge in [-0.1, -0.05) is 0 Å². The summed E-state index contributed by atoms with van der Waals surface area (Å²) >= 11 is 0. The van der Waals surface area contributed by atoms with Crippen LogP contribution in [-0.4, -0.2) is 38.8 Å². The molecule has 2 aromatic rings. The van der Waals surface area contributed by atoms with Gasteiger partial charge in [-0.3, -0.25) is 0 Å². The average Bonchev–Trinajstić information content (AvgIpc) is 2.65. The third-order valence-electron chi connectivity index (χ3n) is 3.67. The van der Waals surface area contributed by atoms with Crippen molar-refractivity contribution in [3.8, 4) is 5.75 Å². The second kappa shape index (κ2) is 10.3. The van der Waals surface area contributed by atoms with Crippen LogP contribution < -0.4 is 25.8 Å². The molecule has 29 heavy (non-hydrogen) atoms. The number of urea groups is 1. The molecule has 0 saturated carbocycles. The van der Waals surface area contributed by atoms with E-state index >= 15 is 0 Å². The smallest absolute Gasteiger partial charge is 0.404 e. The second-order valence-corrected chi connectivity index (χ2v) is 7.52. The number of nitrogens with one attached hydrogen (secondary N) is 3. The number of primary sulfonamides is 1. The Kier molecular flexibility index (Phi) is 7.80. The molecular formula is C18H22N4O6S. The van der Waals surface area contributed by atoms with Gasteiger partial charge in [0.25, 0.3) is 0 Å². The molecule has 0 aliphatic carbocycles. The van der Waals surface area contributed by atoms with Gasteiger partial charge in [0, 0.05) is 17.9 Å². The summed E-state index contributed by atoms with van der Waals surface area (Å²) in [5, 5.41) is 21.0. The standard InChI is InChI=1S/C18H22N4O6S/c19-29(26,27)16-9-5-14(6-10-16)22-17(23)21-13-3-7-15(8-4-13)28-12-2-1-11-20-18(24)25/h3-10,20H,1-2,11-12H2,(H,24,25)(H2,19,26,27)(H2,21,22,23). The zero-order valence-corrected chi connectivity index (χ0v) is 16.2. The Labute approximate surface area is 168 Å². The van der Waals surface area contributed by atoms with Crippen LogP contribution in [-0.2, 0) is 10.0 Å². The number of benzene rings is 2. The van der Waals surface area contributed by atoms with E-state index in [4.69, 9.17) is 15.0 Å². The number of ether oxygens (including phenoxy) is 1. The number of sulfonamides is 1. The molecule has 0 atom stereocenters. The molecule has 0 spiro atoms. The first-order valence-electron chi connectivity index (χ1n) is 8.64. The van der Waals surface area contributed by atoms with Crippen LogP contribution in [0.25, 0.3) is 0 Å². The number of unbranched alkanes of at least 4 members (excludes halogenated alkanes) is 1. The highest BCUT2D eigenvalue weighted by molar-refractivity contribution is 7.89. The molecule has 0 saturated heterocycles. The SMILES string of the molecule is NS(=O)(=O)c1ccc(NC(=O)Nc2ccc(OCCCCNC(=O)O)cc2)cc1. The van der Waals surface area contributed by atoms with E-state index in [2.05, 4.69) is 16.0 Å². The third kappa shape index (κ3) is 8.07. The van der Waals surface area contributed by atoms with Crippen molar-refractivity contribution in [2.45, 2.75) is 17.7 Å². The minimum absolute atomic E-state index is 0.0443. The van der Waals surface area contributed by atoms with Crippen molar-refractivity contribution in [1.82, 2.24) is 5.32 Å². The summed E-state index contributed by atoms with van der Waals surface area (Å²) in [6.07, 6.45) is 0.329. The van der Waals surface area contributed by atoms with E-state index in [0.29, 0.717) is 43.1 Å². The first-order chi connectivity index (χ1) is 13.7. The summed E-state index contributed by atoms with van der Waals surface area (Å²) in [7, 11) is -3.78. The Balaban J connectivity index is 1.76. The summed E-state index contributed by atoms with van der Waals surface area (Å²) in [5.41, 5.74) is 0.953. The van der Waals surface area contributed by atoms with E-state index in [-0.39, 0.29) is 4.90 Å². The zero-order chi connectivity index (χ0) is 21.3. The molecule has 2 rings (SSSR count). The molecule has 0 heterocycles. The molecule has 0 aromatic heterocycles. The molecular weight excluding hydrogens is 400 g/mol. The lowest BCUT2D eigenvalue weighted by molar-refractivity contribution is 0.194. The van der Waals surface area contributed by atoms with E-state index in [1.165, 1.54) is 24.3 Å². The normalized spacial score (nSPS) is 10.8. The van der Waals surface area contributed by atoms with Gasteiger partial charge in [-0.2, -0.15) is 0 Å². The van der Waals surface area contributed by atoms with Crippen molar-refractivity contribution in [3.05, 3.63) is 48.5 Å². The maximum atomic E-state index is 12.0. The van der Waals surface area contributed by atoms with Crippen molar-refractivity contribution in [1.29, 1.82) is 0 Å². The summed E-state index contributed by atoms with van der Waals surface area (Å²) in [6, 6.07) is 11.7. The summed E-state index contributed by atoms with van der Waals surface area (Å²) in [4.78, 5) is 22.3. The summed E-state index contributed by atoms with van der Waals surface area (Å²) in [6.45, 7) is 0.824. The zero-order valence-electron chi connectivity index (χ0n) is 15.4. The molecule has 0 unspecified atom stereocenters. The molecule has 10 nitrogen and oxygen atoms in total. The van der Waals surface area contributed by atoms with E-state index in [1.807, 2.05) is 0 Å². The molecule has 2 aromatic carbocycles. The minimum atomic E-state index is -3.78. The maximum Gasteiger partial charge on any atom is 0.404 e. The second-order valence-electron chi connectivity index (χ2n) is 5.96. The number of hydrogen-bond acceptors (Lipinski definition) is 5. The number of amides is 3. The summed E-state index contributed by atoms with van der Waals surface area (Å²) < 4.78 is 28.0. The topological polar surface area (TPSA) is 160 Å². The summed E-state index contributed by atoms with van der Waals surface area (Å²) in [5.74, 6) is 0.626. The Morgan fingerprint density at radius 1 is 0.931 bits per heavy atom. The van der Waals surface area contributed by atoms with Crippen LogP contribution in [0.4, 0.5) is 21.0 Å². The monoisotopic (exact) mass is 422 g/mol. The van der Waals surface area contributed by atoms with Gasteiger partial charge in [0.15, 0.2) is 0 Å². The molecule has 0 radical (unpaired) electrons. The highest BCUT2D eigenvalue weighted by atomic mass is 32.2. The van der Waals surface area contributed by atoms with Crippen LogP contribution in [0.1, 0.15) is 12.8 Å². The molecule has 156 valence electrons. The Morgan fingerprint density at radius 2 is 1.48 bits per heavy atom. The highest BCUT2D eigenvalue weighted by Gasteiger charge is 2.08. The van der Waals surface area contributed by atoms with Crippen LogP contribution in [0, 0.1) is 0 Å². The van der Waals surface area contributed by atoms with E-state index in [9.17, 15) is 18.0 Å². The quantitative estimate of drug-likeness (QED) is 0.390. The van der Waals surface area contributed by atoms with Gasteiger partial charge in [0.05, 0.1) is 11.5 Å². The lowest BCUT2D eigenvalue weighted by Crippen LogP contribution is -2.22. The molecule has 0 aliphatic rings. The van der Waals surface area contributed by atoms with Gasteiger partial charge < -0.3 is 25.8 Å². The van der Waals surface area contributed by atoms with Crippen LogP contribution >= 0.6 is 0 Å². The van der Waals surface area contributed by atoms with E-state index in [0.717, 1.165) is 0 Å². The van der Waals surface area contributed by atoms with Gasteiger partial charge in [0.1, 0.15) is 5.75 Å². The first kappa shape index (κ1) is 22.0. The van der Waals surface area contributed by atoms with E-state index < -0.39 is 22.1 Å². The first-order valence-corrected chi connectivity index (χ1v) is 10.2. The Bertz CT molecular complexity index is 930. The van der Waals surface area contributed by atoms with Crippen LogP contribution in [0.5, 0.6) is 5.75 Å². The van der Waals surface area contributed by atoms with E-state index in [1.54, 1.807) is 24.3 Å². The molecule has 6 N–H and O–H groups in total. The fourth-order valence-electron chi connectivity index (χ4n) is 2.27. The molecule has 0 fully saturated rings. The lowest BCUT2D eigenvalue weighted by Gasteiger charge is -2.10. The van der Waals surface area contributed by atoms with Gasteiger partial charge in [-0.15, -0.1) is 0 Å². The van der Waals surface area contributed by atoms with Crippen LogP contribution in [0.2, 0.25) is 0 Å². The molecule has 0 bridgehead atoms. The van der Waals surface area contributed by atoms with Crippen molar-refractivity contribution in [2.24, 2.45) is 5.14 Å². The number of carbonyl (C=O) groups is 2. The lowest BCUT2D eigenvalue weighted by atomic mass is 10.3.